The molecule has 0 saturated heterocycles. The first-order valence-corrected chi connectivity index (χ1v) is 5.29. The average molecular weight is 252 g/mol. The van der Waals surface area contributed by atoms with Crippen molar-refractivity contribution in [3.63, 3.8) is 0 Å². The highest BCUT2D eigenvalue weighted by Gasteiger charge is 2.09. The second-order valence-corrected chi connectivity index (χ2v) is 3.80. The minimum Gasteiger partial charge on any atom is -0.478 e. The number of hydrogen-bond donors (Lipinski definition) is 3. The van der Waals surface area contributed by atoms with Gasteiger partial charge in [-0.2, -0.15) is 0 Å². The lowest BCUT2D eigenvalue weighted by Crippen LogP contribution is -2.03. The van der Waals surface area contributed by atoms with E-state index >= 15 is 0 Å². The Hall–Kier alpha value is -2.01. The number of H-pyrrole nitrogens is 1. The largest absolute Gasteiger partial charge is 0.478 e. The van der Waals surface area contributed by atoms with Crippen LogP contribution in [0.3, 0.4) is 0 Å². The number of aromatic amines is 1. The molecule has 1 aromatic carbocycles. The minimum atomic E-state index is -1.04. The van der Waals surface area contributed by atoms with Gasteiger partial charge in [-0.25, -0.2) is 9.78 Å². The summed E-state index contributed by atoms with van der Waals surface area (Å²) < 4.78 is 0. The second-order valence-electron chi connectivity index (χ2n) is 3.39. The van der Waals surface area contributed by atoms with Crippen molar-refractivity contribution in [1.29, 1.82) is 0 Å². The molecule has 1 aromatic heterocycles. The van der Waals surface area contributed by atoms with Crippen LogP contribution < -0.4 is 5.32 Å². The molecule has 2 rings (SSSR count). The zero-order valence-electron chi connectivity index (χ0n) is 8.77. The third-order valence-electron chi connectivity index (χ3n) is 2.21. The van der Waals surface area contributed by atoms with Crippen LogP contribution in [0.15, 0.2) is 30.6 Å². The molecule has 0 atom stereocenters. The van der Waals surface area contributed by atoms with Crippen LogP contribution >= 0.6 is 11.6 Å². The van der Waals surface area contributed by atoms with Gasteiger partial charge in [-0.15, -0.1) is 0 Å². The molecule has 2 aromatic rings. The molecule has 88 valence electrons. The first-order valence-electron chi connectivity index (χ1n) is 4.92. The maximum absolute atomic E-state index is 10.9. The summed E-state index contributed by atoms with van der Waals surface area (Å²) in [5, 5.41) is 12.2. The molecule has 5 nitrogen and oxygen atoms in total. The number of carboxylic acids is 1. The van der Waals surface area contributed by atoms with Gasteiger partial charge in [0, 0.05) is 18.1 Å². The van der Waals surface area contributed by atoms with Gasteiger partial charge in [0.25, 0.3) is 0 Å². The number of anilines is 1. The van der Waals surface area contributed by atoms with E-state index in [1.807, 2.05) is 0 Å². The first-order chi connectivity index (χ1) is 8.16. The fourth-order valence-electron chi connectivity index (χ4n) is 1.38. The number of aromatic carboxylic acids is 1. The maximum atomic E-state index is 10.9. The van der Waals surface area contributed by atoms with Crippen molar-refractivity contribution in [2.75, 3.05) is 5.32 Å². The van der Waals surface area contributed by atoms with E-state index in [4.69, 9.17) is 16.7 Å². The molecule has 0 radical (unpaired) electrons. The average Bonchev–Trinajstić information content (AvgIpc) is 2.80. The molecule has 17 heavy (non-hydrogen) atoms. The van der Waals surface area contributed by atoms with Crippen LogP contribution in [0.1, 0.15) is 16.2 Å². The highest BCUT2D eigenvalue weighted by molar-refractivity contribution is 6.33. The quantitative estimate of drug-likeness (QED) is 0.780. The number of nitrogens with zero attached hydrogens (tertiary/aromatic N) is 1. The summed E-state index contributed by atoms with van der Waals surface area (Å²) >= 11 is 5.76. The molecule has 0 fully saturated rings. The number of nitrogens with one attached hydrogen (secondary N) is 2. The zero-order valence-corrected chi connectivity index (χ0v) is 9.53. The van der Waals surface area contributed by atoms with Gasteiger partial charge in [0.1, 0.15) is 5.82 Å². The summed E-state index contributed by atoms with van der Waals surface area (Å²) in [4.78, 5) is 17.9. The van der Waals surface area contributed by atoms with Crippen molar-refractivity contribution in [2.45, 2.75) is 6.54 Å². The van der Waals surface area contributed by atoms with Crippen LogP contribution in [0.5, 0.6) is 0 Å². The minimum absolute atomic E-state index is 0.0797. The number of halogens is 1. The first kappa shape index (κ1) is 11.5. The second kappa shape index (κ2) is 4.88. The fraction of sp³-hybridized carbons (Fsp3) is 0.0909. The molecular weight excluding hydrogens is 242 g/mol. The highest BCUT2D eigenvalue weighted by atomic mass is 35.5. The Balaban J connectivity index is 2.11. The van der Waals surface area contributed by atoms with Crippen LogP contribution in [-0.4, -0.2) is 21.0 Å². The number of benzene rings is 1. The van der Waals surface area contributed by atoms with Gasteiger partial charge in [-0.3, -0.25) is 0 Å². The summed E-state index contributed by atoms with van der Waals surface area (Å²) in [6, 6.07) is 4.76. The van der Waals surface area contributed by atoms with E-state index < -0.39 is 5.97 Å². The van der Waals surface area contributed by atoms with Crippen molar-refractivity contribution in [1.82, 2.24) is 9.97 Å². The maximum Gasteiger partial charge on any atom is 0.337 e. The predicted molar refractivity (Wildman–Crippen MR) is 64.3 cm³/mol. The smallest absolute Gasteiger partial charge is 0.337 e. The lowest BCUT2D eigenvalue weighted by Gasteiger charge is -2.06. The standard InChI is InChI=1S/C11H10ClN3O2/c12-9-2-1-7(5-8(9)11(16)17)15-6-10-13-3-4-14-10/h1-5,15H,6H2,(H,13,14)(H,16,17). The van der Waals surface area contributed by atoms with Gasteiger partial charge in [-0.05, 0) is 18.2 Å². The Labute approximate surface area is 102 Å². The van der Waals surface area contributed by atoms with E-state index in [0.717, 1.165) is 5.82 Å². The van der Waals surface area contributed by atoms with Gasteiger partial charge in [0.15, 0.2) is 0 Å². The molecule has 0 amide bonds. The Morgan fingerprint density at radius 1 is 1.53 bits per heavy atom. The van der Waals surface area contributed by atoms with Crippen molar-refractivity contribution < 1.29 is 9.90 Å². The van der Waals surface area contributed by atoms with Crippen molar-refractivity contribution >= 4 is 23.3 Å². The summed E-state index contributed by atoms with van der Waals surface area (Å²) in [6.45, 7) is 0.494. The molecule has 6 heteroatoms. The molecule has 0 bridgehead atoms. The lowest BCUT2D eigenvalue weighted by atomic mass is 10.2. The Kier molecular flexibility index (Phi) is 3.30. The third-order valence-corrected chi connectivity index (χ3v) is 2.54. The Morgan fingerprint density at radius 2 is 2.35 bits per heavy atom. The summed E-state index contributed by atoms with van der Waals surface area (Å²) in [7, 11) is 0. The van der Waals surface area contributed by atoms with Crippen LogP contribution in [0.25, 0.3) is 0 Å². The molecule has 3 N–H and O–H groups in total. The van der Waals surface area contributed by atoms with E-state index in [1.165, 1.54) is 6.07 Å². The third kappa shape index (κ3) is 2.76. The molecule has 0 unspecified atom stereocenters. The predicted octanol–water partition coefficient (Wildman–Crippen LogP) is 2.37. The van der Waals surface area contributed by atoms with Gasteiger partial charge in [0.2, 0.25) is 0 Å². The number of rotatable bonds is 4. The Morgan fingerprint density at radius 3 is 3.00 bits per heavy atom. The number of imidazole rings is 1. The van der Waals surface area contributed by atoms with Crippen molar-refractivity contribution in [3.8, 4) is 0 Å². The zero-order chi connectivity index (χ0) is 12.3. The summed E-state index contributed by atoms with van der Waals surface area (Å²) in [6.07, 6.45) is 3.38. The SMILES string of the molecule is O=C(O)c1cc(NCc2ncc[nH]2)ccc1Cl. The molecule has 0 spiro atoms. The van der Waals surface area contributed by atoms with E-state index in [2.05, 4.69) is 15.3 Å². The Bertz CT molecular complexity index is 526. The van der Waals surface area contributed by atoms with Gasteiger partial charge >= 0.3 is 5.97 Å². The van der Waals surface area contributed by atoms with Gasteiger partial charge in [0.05, 0.1) is 17.1 Å². The van der Waals surface area contributed by atoms with E-state index in [1.54, 1.807) is 24.5 Å². The number of hydrogen-bond acceptors (Lipinski definition) is 3. The monoisotopic (exact) mass is 251 g/mol. The topological polar surface area (TPSA) is 78.0 Å². The lowest BCUT2D eigenvalue weighted by molar-refractivity contribution is 0.0697. The number of carbonyl (C=O) groups is 1. The van der Waals surface area contributed by atoms with E-state index in [0.29, 0.717) is 12.2 Å². The van der Waals surface area contributed by atoms with Crippen LogP contribution in [-0.2, 0) is 6.54 Å². The fourth-order valence-corrected chi connectivity index (χ4v) is 1.58. The van der Waals surface area contributed by atoms with Gasteiger partial charge < -0.3 is 15.4 Å². The normalized spacial score (nSPS) is 10.2. The van der Waals surface area contributed by atoms with Crippen LogP contribution in [0.2, 0.25) is 5.02 Å². The van der Waals surface area contributed by atoms with Crippen molar-refractivity contribution in [2.24, 2.45) is 0 Å². The number of aromatic nitrogens is 2. The van der Waals surface area contributed by atoms with E-state index in [9.17, 15) is 4.79 Å². The summed E-state index contributed by atoms with van der Waals surface area (Å²) in [5.74, 6) is -0.270. The van der Waals surface area contributed by atoms with Crippen LogP contribution in [0, 0.1) is 0 Å². The number of carboxylic acid groups (broad SMARTS) is 1. The van der Waals surface area contributed by atoms with Gasteiger partial charge in [-0.1, -0.05) is 11.6 Å². The molecular formula is C11H10ClN3O2. The van der Waals surface area contributed by atoms with Crippen LogP contribution in [0.4, 0.5) is 5.69 Å². The van der Waals surface area contributed by atoms with E-state index in [-0.39, 0.29) is 10.6 Å². The molecule has 1 heterocycles. The van der Waals surface area contributed by atoms with Crippen molar-refractivity contribution in [3.05, 3.63) is 47.0 Å². The highest BCUT2D eigenvalue weighted by Crippen LogP contribution is 2.20. The summed E-state index contributed by atoms with van der Waals surface area (Å²) in [5.41, 5.74) is 0.763. The molecule has 0 aliphatic carbocycles. The molecule has 0 saturated carbocycles. The molecule has 0 aliphatic rings. The molecule has 0 aliphatic heterocycles.